The van der Waals surface area contributed by atoms with Gasteiger partial charge in [-0.1, -0.05) is 26.0 Å². The van der Waals surface area contributed by atoms with E-state index in [4.69, 9.17) is 0 Å². The van der Waals surface area contributed by atoms with Crippen LogP contribution in [-0.2, 0) is 4.79 Å². The number of piperazine rings is 1. The van der Waals surface area contributed by atoms with Crippen LogP contribution in [0.5, 0.6) is 0 Å². The molecule has 2 aliphatic rings. The van der Waals surface area contributed by atoms with E-state index in [0.29, 0.717) is 11.7 Å². The van der Waals surface area contributed by atoms with E-state index in [1.54, 1.807) is 13.1 Å². The number of rotatable bonds is 7. The lowest BCUT2D eigenvalue weighted by atomic mass is 10.0. The minimum atomic E-state index is -0.138. The largest absolute Gasteiger partial charge is 0.367 e. The lowest BCUT2D eigenvalue weighted by Crippen LogP contribution is -2.50. The Hall–Kier alpha value is -1.62. The molecule has 2 saturated heterocycles. The van der Waals surface area contributed by atoms with Gasteiger partial charge in [0, 0.05) is 64.8 Å². The summed E-state index contributed by atoms with van der Waals surface area (Å²) >= 11 is 0. The molecule has 2 aliphatic heterocycles. The van der Waals surface area contributed by atoms with Crippen LogP contribution in [0.25, 0.3) is 0 Å². The first-order valence-electron chi connectivity index (χ1n) is 12.0. The van der Waals surface area contributed by atoms with Crippen molar-refractivity contribution >= 4 is 41.5 Å². The molecule has 0 unspecified atom stereocenters. The zero-order valence-electron chi connectivity index (χ0n) is 20.2. The smallest absolute Gasteiger partial charge is 0.225 e. The van der Waals surface area contributed by atoms with E-state index in [1.807, 2.05) is 30.9 Å². The van der Waals surface area contributed by atoms with Gasteiger partial charge in [-0.05, 0) is 37.9 Å². The summed E-state index contributed by atoms with van der Waals surface area (Å²) < 4.78 is 14.0. The maximum atomic E-state index is 14.0. The van der Waals surface area contributed by atoms with Gasteiger partial charge in [0.1, 0.15) is 5.82 Å². The number of likely N-dealkylation sites (tertiary alicyclic amines) is 1. The summed E-state index contributed by atoms with van der Waals surface area (Å²) in [5.41, 5.74) is 0.711. The first-order chi connectivity index (χ1) is 15.5. The van der Waals surface area contributed by atoms with E-state index in [1.165, 1.54) is 6.07 Å². The van der Waals surface area contributed by atoms with Crippen molar-refractivity contribution in [2.24, 2.45) is 10.9 Å². The van der Waals surface area contributed by atoms with Gasteiger partial charge < -0.3 is 20.4 Å². The van der Waals surface area contributed by atoms with Crippen LogP contribution >= 0.6 is 24.0 Å². The molecule has 1 aromatic rings. The van der Waals surface area contributed by atoms with E-state index < -0.39 is 0 Å². The lowest BCUT2D eigenvalue weighted by Gasteiger charge is -2.36. The Morgan fingerprint density at radius 2 is 1.79 bits per heavy atom. The molecular weight excluding hydrogens is 534 g/mol. The van der Waals surface area contributed by atoms with Crippen LogP contribution in [0.4, 0.5) is 10.1 Å². The fourth-order valence-corrected chi connectivity index (χ4v) is 4.43. The number of halogens is 2. The number of guanidine groups is 1. The van der Waals surface area contributed by atoms with E-state index in [0.717, 1.165) is 77.6 Å². The zero-order chi connectivity index (χ0) is 22.9. The second-order valence-corrected chi connectivity index (χ2v) is 9.03. The Morgan fingerprint density at radius 1 is 1.12 bits per heavy atom. The number of hydrogen-bond donors (Lipinski definition) is 2. The predicted molar refractivity (Wildman–Crippen MR) is 144 cm³/mol. The van der Waals surface area contributed by atoms with Crippen molar-refractivity contribution < 1.29 is 9.18 Å². The third kappa shape index (κ3) is 8.27. The van der Waals surface area contributed by atoms with Crippen LogP contribution in [0.1, 0.15) is 33.1 Å². The number of piperidine rings is 1. The van der Waals surface area contributed by atoms with Crippen LogP contribution in [0.3, 0.4) is 0 Å². The Morgan fingerprint density at radius 3 is 2.39 bits per heavy atom. The molecule has 2 heterocycles. The van der Waals surface area contributed by atoms with Crippen LogP contribution in [-0.4, -0.2) is 87.1 Å². The van der Waals surface area contributed by atoms with Crippen molar-refractivity contribution in [1.29, 1.82) is 0 Å². The molecule has 7 nitrogen and oxygen atoms in total. The highest BCUT2D eigenvalue weighted by Crippen LogP contribution is 2.20. The number of hydrogen-bond acceptors (Lipinski definition) is 4. The predicted octanol–water partition coefficient (Wildman–Crippen LogP) is 2.77. The minimum Gasteiger partial charge on any atom is -0.367 e. The van der Waals surface area contributed by atoms with Gasteiger partial charge in [0.05, 0.1) is 5.69 Å². The Kier molecular flexibility index (Phi) is 11.7. The third-order valence-electron chi connectivity index (χ3n) is 6.37. The van der Waals surface area contributed by atoms with Gasteiger partial charge in [-0.15, -0.1) is 24.0 Å². The number of carbonyl (C=O) groups excluding carboxylic acids is 1. The fraction of sp³-hybridized carbons (Fsp3) is 0.667. The van der Waals surface area contributed by atoms with Gasteiger partial charge in [0.15, 0.2) is 5.96 Å². The topological polar surface area (TPSA) is 63.2 Å². The van der Waals surface area contributed by atoms with Crippen molar-refractivity contribution in [2.75, 3.05) is 64.3 Å². The molecule has 0 radical (unpaired) electrons. The Bertz CT molecular complexity index is 761. The molecule has 2 fully saturated rings. The molecular formula is C24H40FIN6O. The Labute approximate surface area is 215 Å². The standard InChI is InChI=1S/C24H39FN6O.HI/c1-19(2)23(32)31-13-9-20(10-14-31)28-24(26-3)27-11-6-12-29-15-17-30(18-16-29)22-8-5-4-7-21(22)25;/h4-5,7-8,19-20H,6,9-18H2,1-3H3,(H2,26,27,28);1H. The molecule has 0 bridgehead atoms. The van der Waals surface area contributed by atoms with E-state index in [-0.39, 0.29) is 41.6 Å². The molecule has 0 spiro atoms. The van der Waals surface area contributed by atoms with Gasteiger partial charge in [-0.25, -0.2) is 4.39 Å². The molecule has 0 atom stereocenters. The number of benzene rings is 1. The molecule has 9 heteroatoms. The van der Waals surface area contributed by atoms with E-state index >= 15 is 0 Å². The maximum Gasteiger partial charge on any atom is 0.225 e. The second-order valence-electron chi connectivity index (χ2n) is 9.03. The number of para-hydroxylation sites is 1. The highest BCUT2D eigenvalue weighted by Gasteiger charge is 2.24. The second kappa shape index (κ2) is 13.9. The summed E-state index contributed by atoms with van der Waals surface area (Å²) in [5, 5.41) is 6.93. The summed E-state index contributed by atoms with van der Waals surface area (Å²) in [6.45, 7) is 11.0. The zero-order valence-corrected chi connectivity index (χ0v) is 22.6. The molecule has 0 aromatic heterocycles. The number of aliphatic imine (C=N–C) groups is 1. The van der Waals surface area contributed by atoms with Crippen molar-refractivity contribution in [3.05, 3.63) is 30.1 Å². The monoisotopic (exact) mass is 574 g/mol. The van der Waals surface area contributed by atoms with E-state index in [9.17, 15) is 9.18 Å². The van der Waals surface area contributed by atoms with Gasteiger partial charge in [-0.2, -0.15) is 0 Å². The number of carbonyl (C=O) groups is 1. The molecule has 2 N–H and O–H groups in total. The van der Waals surface area contributed by atoms with Crippen LogP contribution in [0.15, 0.2) is 29.3 Å². The third-order valence-corrected chi connectivity index (χ3v) is 6.37. The average Bonchev–Trinajstić information content (AvgIpc) is 2.81. The molecule has 33 heavy (non-hydrogen) atoms. The lowest BCUT2D eigenvalue weighted by molar-refractivity contribution is -0.135. The number of nitrogens with zero attached hydrogens (tertiary/aromatic N) is 4. The van der Waals surface area contributed by atoms with E-state index in [2.05, 4.69) is 25.4 Å². The summed E-state index contributed by atoms with van der Waals surface area (Å²) in [4.78, 5) is 23.1. The van der Waals surface area contributed by atoms with Crippen molar-refractivity contribution in [1.82, 2.24) is 20.4 Å². The normalized spacial score (nSPS) is 18.3. The molecule has 3 rings (SSSR count). The van der Waals surface area contributed by atoms with Crippen molar-refractivity contribution in [3.63, 3.8) is 0 Å². The van der Waals surface area contributed by atoms with Gasteiger partial charge >= 0.3 is 0 Å². The summed E-state index contributed by atoms with van der Waals surface area (Å²) in [6.07, 6.45) is 2.93. The van der Waals surface area contributed by atoms with Crippen molar-refractivity contribution in [2.45, 2.75) is 39.2 Å². The van der Waals surface area contributed by atoms with Gasteiger partial charge in [0.2, 0.25) is 5.91 Å². The quantitative estimate of drug-likeness (QED) is 0.227. The molecule has 0 aliphatic carbocycles. The molecule has 1 aromatic carbocycles. The fourth-order valence-electron chi connectivity index (χ4n) is 4.43. The van der Waals surface area contributed by atoms with Crippen LogP contribution in [0.2, 0.25) is 0 Å². The van der Waals surface area contributed by atoms with Crippen molar-refractivity contribution in [3.8, 4) is 0 Å². The summed E-state index contributed by atoms with van der Waals surface area (Å²) in [7, 11) is 1.80. The van der Waals surface area contributed by atoms with Crippen LogP contribution < -0.4 is 15.5 Å². The highest BCUT2D eigenvalue weighted by atomic mass is 127. The molecule has 0 saturated carbocycles. The number of anilines is 1. The molecule has 186 valence electrons. The average molecular weight is 575 g/mol. The Balaban J connectivity index is 0.00000385. The number of amides is 1. The number of nitrogens with one attached hydrogen (secondary N) is 2. The van der Waals surface area contributed by atoms with Gasteiger partial charge in [0.25, 0.3) is 0 Å². The van der Waals surface area contributed by atoms with Gasteiger partial charge in [-0.3, -0.25) is 14.7 Å². The summed E-state index contributed by atoms with van der Waals surface area (Å²) in [6, 6.07) is 7.37. The van der Waals surface area contributed by atoms with Crippen LogP contribution in [0, 0.1) is 11.7 Å². The first-order valence-corrected chi connectivity index (χ1v) is 12.0. The maximum absolute atomic E-state index is 14.0. The minimum absolute atomic E-state index is 0. The summed E-state index contributed by atoms with van der Waals surface area (Å²) in [5.74, 6) is 1.02. The first kappa shape index (κ1) is 27.6. The SMILES string of the molecule is CN=C(NCCCN1CCN(c2ccccc2F)CC1)NC1CCN(C(=O)C(C)C)CC1.I. The highest BCUT2D eigenvalue weighted by molar-refractivity contribution is 14.0. The molecule has 1 amide bonds.